The number of nitrogen functional groups attached to an aromatic ring is 1. The molecule has 2 saturated heterocycles. The first kappa shape index (κ1) is 35.3. The monoisotopic (exact) mass is 695 g/mol. The van der Waals surface area contributed by atoms with Crippen LogP contribution in [0.4, 0.5) is 29.7 Å². The largest absolute Gasteiger partial charge is 0.464 e. The summed E-state index contributed by atoms with van der Waals surface area (Å²) >= 11 is 0. The van der Waals surface area contributed by atoms with Gasteiger partial charge in [-0.3, -0.25) is 4.90 Å². The first-order valence-corrected chi connectivity index (χ1v) is 17.4. The maximum atomic E-state index is 14.4. The summed E-state index contributed by atoms with van der Waals surface area (Å²) in [5.74, 6) is -0.247. The highest BCUT2D eigenvalue weighted by molar-refractivity contribution is 5.82. The van der Waals surface area contributed by atoms with Crippen LogP contribution in [0, 0.1) is 5.41 Å². The Hall–Kier alpha value is -4.55. The molecule has 13 heteroatoms. The van der Waals surface area contributed by atoms with E-state index >= 15 is 0 Å². The summed E-state index contributed by atoms with van der Waals surface area (Å²) in [5.41, 5.74) is 7.47. The van der Waals surface area contributed by atoms with Crippen molar-refractivity contribution in [2.24, 2.45) is 5.41 Å². The molecule has 2 aromatic carbocycles. The number of piperidine rings is 1. The lowest BCUT2D eigenvalue weighted by Crippen LogP contribution is -2.43. The molecule has 268 valence electrons. The number of benzene rings is 2. The van der Waals surface area contributed by atoms with Crippen LogP contribution >= 0.6 is 0 Å². The van der Waals surface area contributed by atoms with Crippen LogP contribution in [-0.4, -0.2) is 65.4 Å². The second kappa shape index (κ2) is 15.1. The number of esters is 1. The molecule has 10 nitrogen and oxygen atoms in total. The Morgan fingerprint density at radius 2 is 1.68 bits per heavy atom. The van der Waals surface area contributed by atoms with Gasteiger partial charge in [-0.25, -0.2) is 9.59 Å². The molecular formula is C37H44F3N5O5. The third kappa shape index (κ3) is 8.24. The van der Waals surface area contributed by atoms with Gasteiger partial charge in [-0.05, 0) is 61.5 Å². The third-order valence-corrected chi connectivity index (χ3v) is 10.2. The average molecular weight is 696 g/mol. The van der Waals surface area contributed by atoms with Crippen molar-refractivity contribution in [2.75, 3.05) is 36.9 Å². The van der Waals surface area contributed by atoms with E-state index < -0.39 is 30.4 Å². The SMILES string of the molecule is CCOC(=O)[C@@H]1CC2(CCN(c3cc(O[C@H](c4ccc(C5CCCCC5)cc4)C(F)(F)F)nc(N)n3)CC2)CN1C(=O)OCc1ccccc1. The van der Waals surface area contributed by atoms with E-state index in [-0.39, 0.29) is 36.0 Å². The molecule has 2 N–H and O–H groups in total. The smallest absolute Gasteiger partial charge is 0.429 e. The van der Waals surface area contributed by atoms with Gasteiger partial charge in [0.05, 0.1) is 6.61 Å². The molecule has 3 aromatic rings. The zero-order valence-corrected chi connectivity index (χ0v) is 28.2. The topological polar surface area (TPSA) is 120 Å². The van der Waals surface area contributed by atoms with Crippen LogP contribution in [0.5, 0.6) is 5.88 Å². The molecule has 6 rings (SSSR count). The zero-order valence-electron chi connectivity index (χ0n) is 28.2. The second-order valence-electron chi connectivity index (χ2n) is 13.6. The lowest BCUT2D eigenvalue weighted by atomic mass is 9.76. The Kier molecular flexibility index (Phi) is 10.7. The van der Waals surface area contributed by atoms with Crippen molar-refractivity contribution in [1.82, 2.24) is 14.9 Å². The van der Waals surface area contributed by atoms with Crippen LogP contribution < -0.4 is 15.4 Å². The van der Waals surface area contributed by atoms with Crippen molar-refractivity contribution in [1.29, 1.82) is 0 Å². The van der Waals surface area contributed by atoms with Gasteiger partial charge >= 0.3 is 18.2 Å². The molecule has 0 unspecified atom stereocenters. The van der Waals surface area contributed by atoms with Gasteiger partial charge in [-0.15, -0.1) is 0 Å². The number of rotatable bonds is 9. The molecule has 0 bridgehead atoms. The number of halogens is 3. The predicted molar refractivity (Wildman–Crippen MR) is 180 cm³/mol. The molecule has 1 aromatic heterocycles. The van der Waals surface area contributed by atoms with Gasteiger partial charge in [0.15, 0.2) is 0 Å². The molecule has 2 aliphatic heterocycles. The van der Waals surface area contributed by atoms with E-state index in [2.05, 4.69) is 9.97 Å². The van der Waals surface area contributed by atoms with Crippen LogP contribution in [0.2, 0.25) is 0 Å². The van der Waals surface area contributed by atoms with Crippen molar-refractivity contribution in [3.05, 3.63) is 77.4 Å². The molecule has 3 heterocycles. The standard InChI is InChI=1S/C37H44F3N5O5/c1-2-48-33(46)29-22-36(24-45(29)35(47)49-23-25-9-5-3-6-10-25)17-19-44(20-18-36)30-21-31(43-34(41)42-30)50-32(37(38,39)40)28-15-13-27(14-16-28)26-11-7-4-8-12-26/h3,5-6,9-10,13-16,21,26,29,32H,2,4,7-8,11-12,17-20,22-24H2,1H3,(H2,41,42,43)/t29-,32+/m0/s1. The molecular weight excluding hydrogens is 651 g/mol. The normalized spacial score (nSPS) is 20.0. The van der Waals surface area contributed by atoms with E-state index in [1.165, 1.54) is 29.5 Å². The van der Waals surface area contributed by atoms with Gasteiger partial charge < -0.3 is 24.8 Å². The summed E-state index contributed by atoms with van der Waals surface area (Å²) in [6.07, 6.45) is -0.382. The van der Waals surface area contributed by atoms with Gasteiger partial charge in [-0.2, -0.15) is 23.1 Å². The minimum absolute atomic E-state index is 0.0139. The van der Waals surface area contributed by atoms with E-state index in [4.69, 9.17) is 19.9 Å². The Morgan fingerprint density at radius 3 is 2.34 bits per heavy atom. The Labute approximate surface area is 290 Å². The average Bonchev–Trinajstić information content (AvgIpc) is 3.49. The van der Waals surface area contributed by atoms with Crippen molar-refractivity contribution >= 4 is 23.8 Å². The first-order chi connectivity index (χ1) is 24.0. The van der Waals surface area contributed by atoms with Crippen molar-refractivity contribution in [2.45, 2.75) is 89.1 Å². The minimum Gasteiger partial charge on any atom is -0.464 e. The molecule has 1 saturated carbocycles. The number of amides is 1. The molecule has 3 fully saturated rings. The Balaban J connectivity index is 1.13. The lowest BCUT2D eigenvalue weighted by molar-refractivity contribution is -0.198. The van der Waals surface area contributed by atoms with Crippen LogP contribution in [-0.2, 0) is 20.9 Å². The molecule has 3 aliphatic rings. The van der Waals surface area contributed by atoms with Crippen LogP contribution in [0.1, 0.15) is 87.0 Å². The number of likely N-dealkylation sites (tertiary alicyclic amines) is 1. The fourth-order valence-electron chi connectivity index (χ4n) is 7.55. The number of nitrogens with two attached hydrogens (primary N) is 1. The van der Waals surface area contributed by atoms with E-state index in [9.17, 15) is 22.8 Å². The van der Waals surface area contributed by atoms with Crippen LogP contribution in [0.15, 0.2) is 60.7 Å². The van der Waals surface area contributed by atoms with Gasteiger partial charge in [0.1, 0.15) is 18.5 Å². The van der Waals surface area contributed by atoms with Crippen molar-refractivity contribution in [3.63, 3.8) is 0 Å². The number of nitrogens with zero attached hydrogens (tertiary/aromatic N) is 4. The summed E-state index contributed by atoms with van der Waals surface area (Å²) in [7, 11) is 0. The predicted octanol–water partition coefficient (Wildman–Crippen LogP) is 7.35. The number of hydrogen-bond acceptors (Lipinski definition) is 9. The number of aromatic nitrogens is 2. The Bertz CT molecular complexity index is 1610. The molecule has 1 spiro atoms. The number of carbonyl (C=O) groups excluding carboxylic acids is 2. The quantitative estimate of drug-likeness (QED) is 0.229. The van der Waals surface area contributed by atoms with E-state index in [0.717, 1.165) is 36.8 Å². The second-order valence-corrected chi connectivity index (χ2v) is 13.6. The maximum Gasteiger partial charge on any atom is 0.429 e. The molecule has 0 radical (unpaired) electrons. The summed E-state index contributed by atoms with van der Waals surface area (Å²) in [5, 5.41) is 0. The highest BCUT2D eigenvalue weighted by Gasteiger charge is 2.51. The number of ether oxygens (including phenoxy) is 3. The summed E-state index contributed by atoms with van der Waals surface area (Å²) < 4.78 is 59.5. The molecule has 1 amide bonds. The summed E-state index contributed by atoms with van der Waals surface area (Å²) in [6, 6.07) is 16.4. The highest BCUT2D eigenvalue weighted by atomic mass is 19.4. The van der Waals surface area contributed by atoms with Crippen molar-refractivity contribution < 1.29 is 37.0 Å². The van der Waals surface area contributed by atoms with Gasteiger partial charge in [0.25, 0.3) is 0 Å². The zero-order chi connectivity index (χ0) is 35.3. The fraction of sp³-hybridized carbons (Fsp3) is 0.514. The number of carbonyl (C=O) groups is 2. The molecule has 1 aliphatic carbocycles. The molecule has 2 atom stereocenters. The van der Waals surface area contributed by atoms with Crippen LogP contribution in [0.3, 0.4) is 0 Å². The molecule has 50 heavy (non-hydrogen) atoms. The van der Waals surface area contributed by atoms with Crippen LogP contribution in [0.25, 0.3) is 0 Å². The number of hydrogen-bond donors (Lipinski definition) is 1. The number of anilines is 2. The minimum atomic E-state index is -4.70. The van der Waals surface area contributed by atoms with Crippen molar-refractivity contribution in [3.8, 4) is 5.88 Å². The maximum absolute atomic E-state index is 14.4. The summed E-state index contributed by atoms with van der Waals surface area (Å²) in [4.78, 5) is 37.9. The van der Waals surface area contributed by atoms with E-state index in [0.29, 0.717) is 50.6 Å². The Morgan fingerprint density at radius 1 is 0.980 bits per heavy atom. The third-order valence-electron chi connectivity index (χ3n) is 10.2. The fourth-order valence-corrected chi connectivity index (χ4v) is 7.55. The number of alkyl halides is 3. The first-order valence-electron chi connectivity index (χ1n) is 17.4. The van der Waals surface area contributed by atoms with E-state index in [1.54, 1.807) is 19.1 Å². The lowest BCUT2D eigenvalue weighted by Gasteiger charge is -2.39. The van der Waals surface area contributed by atoms with E-state index in [1.807, 2.05) is 35.2 Å². The summed E-state index contributed by atoms with van der Waals surface area (Å²) in [6.45, 7) is 3.21. The highest BCUT2D eigenvalue weighted by Crippen LogP contribution is 2.45. The van der Waals surface area contributed by atoms with Gasteiger partial charge in [-0.1, -0.05) is 73.9 Å². The van der Waals surface area contributed by atoms with Gasteiger partial charge in [0.2, 0.25) is 17.9 Å². The van der Waals surface area contributed by atoms with Gasteiger partial charge in [0, 0.05) is 31.3 Å².